The maximum Gasteiger partial charge on any atom is 0.252 e. The number of nitrogens with zero attached hydrogens (tertiary/aromatic N) is 2. The normalized spacial score (nSPS) is 14.0. The maximum absolute atomic E-state index is 6.86. The number of benzene rings is 6. The minimum absolute atomic E-state index is 0.0308. The molecule has 5 heteroatoms. The third kappa shape index (κ3) is 3.83. The van der Waals surface area contributed by atoms with Crippen LogP contribution in [0, 0.1) is 6.92 Å². The number of aryl methyl sites for hydroxylation is 1. The highest BCUT2D eigenvalue weighted by molar-refractivity contribution is 7.00. The number of aromatic nitrogens is 1. The van der Waals surface area contributed by atoms with Gasteiger partial charge in [-0.15, -0.1) is 0 Å². The van der Waals surface area contributed by atoms with Crippen LogP contribution in [0.4, 0.5) is 17.1 Å². The van der Waals surface area contributed by atoms with Crippen LogP contribution in [0.25, 0.3) is 60.6 Å². The molecule has 0 bridgehead atoms. The molecule has 0 spiro atoms. The maximum atomic E-state index is 6.86. The van der Waals surface area contributed by atoms with Crippen LogP contribution in [0.5, 0.6) is 0 Å². The molecular weight excluding hydrogens is 635 g/mol. The van der Waals surface area contributed by atoms with E-state index in [4.69, 9.17) is 8.83 Å². The lowest BCUT2D eigenvalue weighted by atomic mass is 9.33. The van der Waals surface area contributed by atoms with Crippen molar-refractivity contribution in [1.82, 2.24) is 4.57 Å². The highest BCUT2D eigenvalue weighted by Gasteiger charge is 2.44. The Labute approximate surface area is 303 Å². The highest BCUT2D eigenvalue weighted by Crippen LogP contribution is 2.47. The number of fused-ring (bicyclic) bond motifs is 12. The second kappa shape index (κ2) is 9.80. The molecular formula is C47H39BN2O2. The molecule has 4 nitrogen and oxygen atoms in total. The summed E-state index contributed by atoms with van der Waals surface area (Å²) in [4.78, 5) is 2.49. The van der Waals surface area contributed by atoms with Gasteiger partial charge in [0.15, 0.2) is 5.58 Å². The summed E-state index contributed by atoms with van der Waals surface area (Å²) in [5, 5.41) is 5.88. The Bertz CT molecular complexity index is 3010. The van der Waals surface area contributed by atoms with Gasteiger partial charge in [0.1, 0.15) is 11.2 Å². The summed E-state index contributed by atoms with van der Waals surface area (Å²) < 4.78 is 16.1. The number of hydrogen-bond acceptors (Lipinski definition) is 3. The first kappa shape index (κ1) is 30.0. The molecule has 0 fully saturated rings. The van der Waals surface area contributed by atoms with Gasteiger partial charge in [0.05, 0.1) is 16.6 Å². The number of furan rings is 2. The molecule has 0 unspecified atom stereocenters. The summed E-state index contributed by atoms with van der Waals surface area (Å²) in [5.74, 6) is 0. The van der Waals surface area contributed by atoms with E-state index in [1.165, 1.54) is 66.4 Å². The summed E-state index contributed by atoms with van der Waals surface area (Å²) >= 11 is 0. The molecule has 6 aromatic carbocycles. The van der Waals surface area contributed by atoms with E-state index in [1.807, 2.05) is 0 Å². The van der Waals surface area contributed by atoms with Gasteiger partial charge >= 0.3 is 0 Å². The average molecular weight is 675 g/mol. The van der Waals surface area contributed by atoms with Gasteiger partial charge in [0.2, 0.25) is 5.71 Å². The third-order valence-electron chi connectivity index (χ3n) is 11.7. The quantitative estimate of drug-likeness (QED) is 0.163. The third-order valence-corrected chi connectivity index (χ3v) is 11.7. The minimum Gasteiger partial charge on any atom is -0.454 e. The Hall–Kier alpha value is -5.68. The van der Waals surface area contributed by atoms with Crippen LogP contribution >= 0.6 is 0 Å². The first-order chi connectivity index (χ1) is 25.0. The second-order valence-corrected chi connectivity index (χ2v) is 17.1. The zero-order valence-electron chi connectivity index (χ0n) is 30.7. The molecule has 252 valence electrons. The molecule has 0 N–H and O–H groups in total. The van der Waals surface area contributed by atoms with Crippen molar-refractivity contribution >= 4 is 95.1 Å². The SMILES string of the molecule is Cc1cc2c3c(c1)-n1c4oc5ccccc5c4c4cc(C(C)(C)C)cc(c41)B3c1ccc(C(C)(C)C)cc1N2c1cccc2c1oc1ccccc12. The summed E-state index contributed by atoms with van der Waals surface area (Å²) in [7, 11) is 0. The average Bonchev–Trinajstić information content (AvgIpc) is 3.78. The van der Waals surface area contributed by atoms with Crippen molar-refractivity contribution in [3.63, 3.8) is 0 Å². The summed E-state index contributed by atoms with van der Waals surface area (Å²) in [6.07, 6.45) is 0. The van der Waals surface area contributed by atoms with E-state index in [-0.39, 0.29) is 17.5 Å². The fourth-order valence-corrected chi connectivity index (χ4v) is 9.18. The van der Waals surface area contributed by atoms with Crippen LogP contribution in [-0.2, 0) is 10.8 Å². The van der Waals surface area contributed by atoms with Crippen molar-refractivity contribution in [2.45, 2.75) is 59.3 Å². The van der Waals surface area contributed by atoms with E-state index >= 15 is 0 Å². The minimum atomic E-state index is -0.0500. The van der Waals surface area contributed by atoms with Crippen LogP contribution in [0.1, 0.15) is 58.2 Å². The second-order valence-electron chi connectivity index (χ2n) is 17.1. The van der Waals surface area contributed by atoms with E-state index < -0.39 is 0 Å². The Kier molecular flexibility index (Phi) is 5.65. The van der Waals surface area contributed by atoms with Crippen LogP contribution < -0.4 is 21.3 Å². The highest BCUT2D eigenvalue weighted by atomic mass is 16.3. The van der Waals surface area contributed by atoms with Gasteiger partial charge in [-0.25, -0.2) is 0 Å². The van der Waals surface area contributed by atoms with Gasteiger partial charge in [-0.05, 0) is 93.3 Å². The Morgan fingerprint density at radius 1 is 0.538 bits per heavy atom. The van der Waals surface area contributed by atoms with E-state index in [2.05, 4.69) is 167 Å². The summed E-state index contributed by atoms with van der Waals surface area (Å²) in [5.41, 5.74) is 17.2. The van der Waals surface area contributed by atoms with Gasteiger partial charge in [-0.2, -0.15) is 0 Å². The van der Waals surface area contributed by atoms with Crippen molar-refractivity contribution in [1.29, 1.82) is 0 Å². The molecule has 5 heterocycles. The predicted molar refractivity (Wildman–Crippen MR) is 219 cm³/mol. The lowest BCUT2D eigenvalue weighted by molar-refractivity contribution is 0.590. The summed E-state index contributed by atoms with van der Waals surface area (Å²) in [6, 6.07) is 40.4. The molecule has 0 aliphatic carbocycles. The van der Waals surface area contributed by atoms with Crippen LogP contribution in [0.2, 0.25) is 0 Å². The molecule has 0 atom stereocenters. The van der Waals surface area contributed by atoms with Gasteiger partial charge < -0.3 is 13.7 Å². The molecule has 0 radical (unpaired) electrons. The Morgan fingerprint density at radius 2 is 1.23 bits per heavy atom. The van der Waals surface area contributed by atoms with Gasteiger partial charge in [0, 0.05) is 38.6 Å². The van der Waals surface area contributed by atoms with E-state index in [1.54, 1.807) is 0 Å². The fraction of sp³-hybridized carbons (Fsp3) is 0.191. The molecule has 2 aliphatic rings. The molecule has 9 aromatic rings. The Morgan fingerprint density at radius 3 is 2.00 bits per heavy atom. The van der Waals surface area contributed by atoms with E-state index in [0.29, 0.717) is 0 Å². The lowest BCUT2D eigenvalue weighted by Gasteiger charge is -2.41. The molecule has 3 aromatic heterocycles. The Balaban J connectivity index is 1.33. The molecule has 2 aliphatic heterocycles. The van der Waals surface area contributed by atoms with E-state index in [0.717, 1.165) is 44.3 Å². The summed E-state index contributed by atoms with van der Waals surface area (Å²) in [6.45, 7) is 16.2. The first-order valence-electron chi connectivity index (χ1n) is 18.5. The largest absolute Gasteiger partial charge is 0.454 e. The van der Waals surface area contributed by atoms with Crippen LogP contribution in [0.15, 0.2) is 118 Å². The number of anilines is 3. The molecule has 0 saturated carbocycles. The van der Waals surface area contributed by atoms with Gasteiger partial charge in [0.25, 0.3) is 6.71 Å². The van der Waals surface area contributed by atoms with Crippen molar-refractivity contribution in [2.24, 2.45) is 0 Å². The van der Waals surface area contributed by atoms with Crippen LogP contribution in [-0.4, -0.2) is 11.3 Å². The smallest absolute Gasteiger partial charge is 0.252 e. The number of para-hydroxylation sites is 3. The standard InChI is InChI=1S/C47H39BN2O2/c1-26-21-37-42-38(22-26)50-43-32(41-31-14-9-11-18-40(31)52-45(41)50)23-28(47(5,6)7)24-34(43)48(42)33-20-19-27(46(2,3)4)25-36(33)49(37)35-16-12-15-30-29-13-8-10-17-39(29)51-44(30)35/h8-25H,1-7H3. The van der Waals surface area contributed by atoms with Crippen LogP contribution in [0.3, 0.4) is 0 Å². The van der Waals surface area contributed by atoms with Gasteiger partial charge in [-0.3, -0.25) is 4.57 Å². The molecule has 11 rings (SSSR count). The topological polar surface area (TPSA) is 34.5 Å². The van der Waals surface area contributed by atoms with E-state index in [9.17, 15) is 0 Å². The molecule has 0 amide bonds. The van der Waals surface area contributed by atoms with Crippen molar-refractivity contribution in [2.75, 3.05) is 4.90 Å². The van der Waals surface area contributed by atoms with Crippen molar-refractivity contribution < 1.29 is 8.83 Å². The number of hydrogen-bond donors (Lipinski definition) is 0. The zero-order valence-corrected chi connectivity index (χ0v) is 30.7. The predicted octanol–water partition coefficient (Wildman–Crippen LogP) is 10.9. The van der Waals surface area contributed by atoms with Crippen molar-refractivity contribution in [3.8, 4) is 5.69 Å². The monoisotopic (exact) mass is 674 g/mol. The fourth-order valence-electron chi connectivity index (χ4n) is 9.18. The van der Waals surface area contributed by atoms with Crippen molar-refractivity contribution in [3.05, 3.63) is 126 Å². The van der Waals surface area contributed by atoms with Gasteiger partial charge in [-0.1, -0.05) is 108 Å². The zero-order chi connectivity index (χ0) is 35.4. The number of rotatable bonds is 1. The molecule has 52 heavy (non-hydrogen) atoms. The molecule has 0 saturated heterocycles. The first-order valence-corrected chi connectivity index (χ1v) is 18.5. The lowest BCUT2D eigenvalue weighted by Crippen LogP contribution is -2.60.